The number of fused-ring (bicyclic) bond motifs is 1. The molecule has 4 rings (SSSR count). The fraction of sp³-hybridized carbons (Fsp3) is 0.125. The molecule has 9 heteroatoms. The van der Waals surface area contributed by atoms with Gasteiger partial charge in [-0.15, -0.1) is 0 Å². The number of phenols is 1. The van der Waals surface area contributed by atoms with Crippen LogP contribution in [0.4, 0.5) is 5.82 Å². The molecule has 0 unspecified atom stereocenters. The van der Waals surface area contributed by atoms with Crippen molar-refractivity contribution in [1.29, 1.82) is 0 Å². The van der Waals surface area contributed by atoms with E-state index < -0.39 is 12.0 Å². The van der Waals surface area contributed by atoms with E-state index in [-0.39, 0.29) is 11.5 Å². The normalized spacial score (nSPS) is 11.8. The number of benzene rings is 2. The predicted octanol–water partition coefficient (Wildman–Crippen LogP) is 5.89. The summed E-state index contributed by atoms with van der Waals surface area (Å²) in [5, 5.41) is 15.6. The zero-order valence-corrected chi connectivity index (χ0v) is 20.0. The first-order valence-corrected chi connectivity index (χ1v) is 11.1. The largest absolute Gasteiger partial charge is 0.505 e. The molecule has 33 heavy (non-hydrogen) atoms. The van der Waals surface area contributed by atoms with Crippen molar-refractivity contribution in [3.8, 4) is 17.2 Å². The highest BCUT2D eigenvalue weighted by molar-refractivity contribution is 9.10. The van der Waals surface area contributed by atoms with Crippen LogP contribution in [0.5, 0.6) is 17.2 Å². The summed E-state index contributed by atoms with van der Waals surface area (Å²) in [5.74, 6) is 0.703. The average Bonchev–Trinajstić information content (AvgIpc) is 2.81. The minimum absolute atomic E-state index is 0.0154. The fourth-order valence-electron chi connectivity index (χ4n) is 3.51. The Balaban J connectivity index is 1.93. The minimum Gasteiger partial charge on any atom is -0.505 e. The van der Waals surface area contributed by atoms with E-state index in [1.54, 1.807) is 48.8 Å². The van der Waals surface area contributed by atoms with Gasteiger partial charge in [0.1, 0.15) is 17.1 Å². The van der Waals surface area contributed by atoms with Crippen molar-refractivity contribution in [2.75, 3.05) is 12.4 Å². The van der Waals surface area contributed by atoms with Gasteiger partial charge in [-0.25, -0.2) is 4.98 Å². The molecule has 0 radical (unpaired) electrons. The van der Waals surface area contributed by atoms with Crippen molar-refractivity contribution in [1.82, 2.24) is 9.97 Å². The molecule has 0 saturated carbocycles. The van der Waals surface area contributed by atoms with Gasteiger partial charge in [0.2, 0.25) is 0 Å². The number of anilines is 1. The van der Waals surface area contributed by atoms with Crippen molar-refractivity contribution in [3.05, 3.63) is 81.5 Å². The molecule has 2 aromatic heterocycles. The van der Waals surface area contributed by atoms with Crippen LogP contribution in [-0.4, -0.2) is 28.2 Å². The molecule has 0 aliphatic heterocycles. The molecule has 168 valence electrons. The maximum Gasteiger partial charge on any atom is 0.308 e. The number of halogens is 2. The van der Waals surface area contributed by atoms with Crippen molar-refractivity contribution in [2.24, 2.45) is 0 Å². The number of nitrogens with one attached hydrogen (secondary N) is 1. The summed E-state index contributed by atoms with van der Waals surface area (Å²) < 4.78 is 11.3. The first kappa shape index (κ1) is 22.8. The van der Waals surface area contributed by atoms with Gasteiger partial charge in [-0.1, -0.05) is 33.6 Å². The number of hydrogen-bond acceptors (Lipinski definition) is 7. The predicted molar refractivity (Wildman–Crippen MR) is 130 cm³/mol. The van der Waals surface area contributed by atoms with Crippen LogP contribution in [-0.2, 0) is 4.79 Å². The fourth-order valence-corrected chi connectivity index (χ4v) is 4.33. The number of aromatic nitrogens is 2. The Morgan fingerprint density at radius 1 is 1.09 bits per heavy atom. The van der Waals surface area contributed by atoms with Gasteiger partial charge in [0.25, 0.3) is 0 Å². The Bertz CT molecular complexity index is 1330. The van der Waals surface area contributed by atoms with E-state index in [1.807, 2.05) is 12.1 Å². The number of nitrogens with zero attached hydrogens (tertiary/aromatic N) is 2. The molecule has 1 atom stereocenters. The van der Waals surface area contributed by atoms with Gasteiger partial charge >= 0.3 is 5.97 Å². The summed E-state index contributed by atoms with van der Waals surface area (Å²) >= 11 is 10.1. The van der Waals surface area contributed by atoms with Crippen LogP contribution >= 0.6 is 27.5 Å². The lowest BCUT2D eigenvalue weighted by molar-refractivity contribution is -0.132. The minimum atomic E-state index is -0.613. The third kappa shape index (κ3) is 4.72. The van der Waals surface area contributed by atoms with E-state index in [2.05, 4.69) is 31.2 Å². The molecule has 0 bridgehead atoms. The molecule has 2 N–H and O–H groups in total. The quantitative estimate of drug-likeness (QED) is 0.238. The van der Waals surface area contributed by atoms with Gasteiger partial charge in [-0.3, -0.25) is 9.78 Å². The van der Waals surface area contributed by atoms with Gasteiger partial charge in [-0.05, 0) is 48.0 Å². The number of carbonyl (C=O) groups is 1. The SMILES string of the molecule is COc1cc([C@H](Nc2ccccn2)c2cc(Cl)c3cccnc3c2O)c(Br)cc1OC(C)=O. The summed E-state index contributed by atoms with van der Waals surface area (Å²) in [4.78, 5) is 20.2. The third-order valence-corrected chi connectivity index (χ3v) is 5.96. The second-order valence-electron chi connectivity index (χ2n) is 7.11. The van der Waals surface area contributed by atoms with Crippen LogP contribution in [0.1, 0.15) is 24.1 Å². The van der Waals surface area contributed by atoms with Crippen LogP contribution in [0.15, 0.2) is 65.4 Å². The number of ether oxygens (including phenoxy) is 2. The average molecular weight is 529 g/mol. The van der Waals surface area contributed by atoms with Crippen LogP contribution in [0.2, 0.25) is 5.02 Å². The highest BCUT2D eigenvalue weighted by Crippen LogP contribution is 2.44. The van der Waals surface area contributed by atoms with Crippen molar-refractivity contribution >= 4 is 50.2 Å². The summed E-state index contributed by atoms with van der Waals surface area (Å²) in [6.45, 7) is 1.31. The summed E-state index contributed by atoms with van der Waals surface area (Å²) in [6, 6.07) is 13.5. The van der Waals surface area contributed by atoms with Crippen LogP contribution in [0.3, 0.4) is 0 Å². The van der Waals surface area contributed by atoms with Gasteiger partial charge in [-0.2, -0.15) is 0 Å². The molecule has 0 aliphatic rings. The maximum absolute atomic E-state index is 11.5. The standard InChI is InChI=1S/C24H19BrClN3O4/c1-13(30)33-20-12-17(25)15(11-19(20)32-2)22(29-21-7-3-4-8-27-21)16-10-18(26)14-6-5-9-28-23(14)24(16)31/h3-12,22,31H,1-2H3,(H,27,29)/t22-/m0/s1. The first-order chi connectivity index (χ1) is 15.9. The monoisotopic (exact) mass is 527 g/mol. The van der Waals surface area contributed by atoms with Gasteiger partial charge in [0.15, 0.2) is 11.5 Å². The molecule has 7 nitrogen and oxygen atoms in total. The van der Waals surface area contributed by atoms with Crippen LogP contribution in [0.25, 0.3) is 10.9 Å². The highest BCUT2D eigenvalue weighted by Gasteiger charge is 2.26. The van der Waals surface area contributed by atoms with Crippen molar-refractivity contribution < 1.29 is 19.4 Å². The van der Waals surface area contributed by atoms with Crippen LogP contribution < -0.4 is 14.8 Å². The molecule has 4 aromatic rings. The van der Waals surface area contributed by atoms with Gasteiger partial charge in [0, 0.05) is 34.7 Å². The zero-order chi connectivity index (χ0) is 23.5. The Kier molecular flexibility index (Phi) is 6.67. The van der Waals surface area contributed by atoms with Crippen LogP contribution in [0, 0.1) is 0 Å². The Labute approximate surface area is 203 Å². The molecule has 0 fully saturated rings. The van der Waals surface area contributed by atoms with E-state index in [9.17, 15) is 9.90 Å². The van der Waals surface area contributed by atoms with E-state index in [0.29, 0.717) is 43.1 Å². The summed E-state index contributed by atoms with van der Waals surface area (Å²) in [5.41, 5.74) is 1.56. The second-order valence-corrected chi connectivity index (χ2v) is 8.37. The van der Waals surface area contributed by atoms with E-state index in [1.165, 1.54) is 14.0 Å². The lowest BCUT2D eigenvalue weighted by atomic mass is 9.95. The second kappa shape index (κ2) is 9.64. The van der Waals surface area contributed by atoms with E-state index >= 15 is 0 Å². The number of carbonyl (C=O) groups excluding carboxylic acids is 1. The van der Waals surface area contributed by atoms with E-state index in [4.69, 9.17) is 21.1 Å². The number of methoxy groups -OCH3 is 1. The lowest BCUT2D eigenvalue weighted by Gasteiger charge is -2.24. The molecule has 2 aromatic carbocycles. The lowest BCUT2D eigenvalue weighted by Crippen LogP contribution is -2.15. The maximum atomic E-state index is 11.5. The number of phenolic OH excluding ortho intramolecular Hbond substituents is 1. The number of aromatic hydroxyl groups is 1. The Morgan fingerprint density at radius 3 is 2.58 bits per heavy atom. The molecule has 0 spiro atoms. The van der Waals surface area contributed by atoms with Gasteiger partial charge < -0.3 is 19.9 Å². The Morgan fingerprint density at radius 2 is 1.88 bits per heavy atom. The molecule has 0 aliphatic carbocycles. The summed E-state index contributed by atoms with van der Waals surface area (Å²) in [6.07, 6.45) is 3.25. The molecule has 0 saturated heterocycles. The summed E-state index contributed by atoms with van der Waals surface area (Å²) in [7, 11) is 1.48. The smallest absolute Gasteiger partial charge is 0.308 e. The first-order valence-electron chi connectivity index (χ1n) is 9.88. The third-order valence-electron chi connectivity index (χ3n) is 4.96. The molecular weight excluding hydrogens is 510 g/mol. The number of esters is 1. The zero-order valence-electron chi connectivity index (χ0n) is 17.7. The van der Waals surface area contributed by atoms with Crippen molar-refractivity contribution in [3.63, 3.8) is 0 Å². The highest BCUT2D eigenvalue weighted by atomic mass is 79.9. The molecule has 2 heterocycles. The topological polar surface area (TPSA) is 93.6 Å². The van der Waals surface area contributed by atoms with Gasteiger partial charge in [0.05, 0.1) is 18.2 Å². The Hall–Kier alpha value is -3.36. The van der Waals surface area contributed by atoms with Crippen molar-refractivity contribution in [2.45, 2.75) is 13.0 Å². The number of pyridine rings is 2. The molecular formula is C24H19BrClN3O4. The molecule has 0 amide bonds. The number of hydrogen-bond donors (Lipinski definition) is 2. The van der Waals surface area contributed by atoms with E-state index in [0.717, 1.165) is 0 Å². The number of rotatable bonds is 6.